The van der Waals surface area contributed by atoms with Gasteiger partial charge in [-0.1, -0.05) is 55.0 Å². The highest BCUT2D eigenvalue weighted by molar-refractivity contribution is 14.0. The van der Waals surface area contributed by atoms with Crippen LogP contribution in [-0.2, 0) is 0 Å². The van der Waals surface area contributed by atoms with Crippen LogP contribution in [0.1, 0.15) is 36.8 Å². The van der Waals surface area contributed by atoms with Crippen LogP contribution in [0.3, 0.4) is 0 Å². The van der Waals surface area contributed by atoms with Gasteiger partial charge in [-0.15, -0.1) is 24.0 Å². The summed E-state index contributed by atoms with van der Waals surface area (Å²) in [6, 6.07) is 20.0. The predicted molar refractivity (Wildman–Crippen MR) is 131 cm³/mol. The van der Waals surface area contributed by atoms with Crippen molar-refractivity contribution in [3.8, 4) is 0 Å². The summed E-state index contributed by atoms with van der Waals surface area (Å²) in [5.41, 5.74) is 3.99. The average Bonchev–Trinajstić information content (AvgIpc) is 2.72. The normalized spacial score (nSPS) is 16.2. The number of nitrogens with one attached hydrogen (secondary N) is 2. The van der Waals surface area contributed by atoms with Gasteiger partial charge in [-0.2, -0.15) is 0 Å². The molecule has 1 heterocycles. The quantitative estimate of drug-likeness (QED) is 0.366. The third kappa shape index (κ3) is 6.40. The van der Waals surface area contributed by atoms with Gasteiger partial charge in [-0.25, -0.2) is 0 Å². The van der Waals surface area contributed by atoms with E-state index < -0.39 is 0 Å². The summed E-state index contributed by atoms with van der Waals surface area (Å²) in [4.78, 5) is 6.89. The number of guanidine groups is 1. The molecule has 2 N–H and O–H groups in total. The van der Waals surface area contributed by atoms with Gasteiger partial charge in [-0.3, -0.25) is 4.99 Å². The molecule has 28 heavy (non-hydrogen) atoms. The van der Waals surface area contributed by atoms with Crippen molar-refractivity contribution in [3.05, 3.63) is 65.7 Å². The van der Waals surface area contributed by atoms with Gasteiger partial charge in [0.15, 0.2) is 5.96 Å². The lowest BCUT2D eigenvalue weighted by Gasteiger charge is -2.34. The first kappa shape index (κ1) is 22.5. The molecule has 3 rings (SSSR count). The number of piperidine rings is 1. The lowest BCUT2D eigenvalue weighted by molar-refractivity contribution is 0.461. The topological polar surface area (TPSA) is 39.7 Å². The Bertz CT molecular complexity index is 722. The van der Waals surface area contributed by atoms with Gasteiger partial charge in [0.25, 0.3) is 0 Å². The summed E-state index contributed by atoms with van der Waals surface area (Å²) in [6.45, 7) is 7.42. The van der Waals surface area contributed by atoms with Crippen LogP contribution in [0, 0.1) is 6.92 Å². The average molecular weight is 492 g/mol. The second-order valence-corrected chi connectivity index (χ2v) is 7.51. The Kier molecular flexibility index (Phi) is 9.09. The molecule has 1 aliphatic rings. The number of rotatable bonds is 5. The fourth-order valence-corrected chi connectivity index (χ4v) is 3.57. The molecule has 2 aromatic carbocycles. The number of hydrogen-bond donors (Lipinski definition) is 2. The molecule has 0 radical (unpaired) electrons. The number of benzene rings is 2. The van der Waals surface area contributed by atoms with E-state index in [1.165, 1.54) is 16.8 Å². The minimum absolute atomic E-state index is 0. The summed E-state index contributed by atoms with van der Waals surface area (Å²) < 4.78 is 0. The minimum Gasteiger partial charge on any atom is -0.371 e. The van der Waals surface area contributed by atoms with E-state index in [0.29, 0.717) is 12.0 Å². The Balaban J connectivity index is 0.00000280. The van der Waals surface area contributed by atoms with E-state index in [-0.39, 0.29) is 24.0 Å². The van der Waals surface area contributed by atoms with Crippen LogP contribution in [0.15, 0.2) is 59.6 Å². The third-order valence-electron chi connectivity index (χ3n) is 5.40. The molecule has 1 fully saturated rings. The highest BCUT2D eigenvalue weighted by Gasteiger charge is 2.20. The Morgan fingerprint density at radius 2 is 1.71 bits per heavy atom. The van der Waals surface area contributed by atoms with Gasteiger partial charge in [0, 0.05) is 38.4 Å². The minimum atomic E-state index is 0. The molecule has 4 nitrogen and oxygen atoms in total. The summed E-state index contributed by atoms with van der Waals surface area (Å²) in [5, 5.41) is 7.10. The molecule has 0 aliphatic carbocycles. The van der Waals surface area contributed by atoms with Gasteiger partial charge < -0.3 is 15.5 Å². The molecule has 1 aliphatic heterocycles. The van der Waals surface area contributed by atoms with Crippen LogP contribution in [0.25, 0.3) is 0 Å². The van der Waals surface area contributed by atoms with Gasteiger partial charge in [0.1, 0.15) is 0 Å². The van der Waals surface area contributed by atoms with Crippen LogP contribution in [0.5, 0.6) is 0 Å². The first-order valence-electron chi connectivity index (χ1n) is 9.99. The van der Waals surface area contributed by atoms with E-state index in [0.717, 1.165) is 38.4 Å². The maximum atomic E-state index is 4.42. The van der Waals surface area contributed by atoms with Crippen molar-refractivity contribution >= 4 is 35.6 Å². The third-order valence-corrected chi connectivity index (χ3v) is 5.40. The summed E-state index contributed by atoms with van der Waals surface area (Å²) in [7, 11) is 1.85. The van der Waals surface area contributed by atoms with Crippen LogP contribution in [0.4, 0.5) is 5.69 Å². The Labute approximate surface area is 186 Å². The second kappa shape index (κ2) is 11.3. The zero-order chi connectivity index (χ0) is 19.1. The summed E-state index contributed by atoms with van der Waals surface area (Å²) in [6.07, 6.45) is 2.26. The van der Waals surface area contributed by atoms with Crippen molar-refractivity contribution in [1.82, 2.24) is 10.6 Å². The van der Waals surface area contributed by atoms with Crippen molar-refractivity contribution in [2.75, 3.05) is 31.6 Å². The number of nitrogens with zero attached hydrogens (tertiary/aromatic N) is 2. The molecule has 152 valence electrons. The smallest absolute Gasteiger partial charge is 0.191 e. The van der Waals surface area contributed by atoms with E-state index >= 15 is 0 Å². The van der Waals surface area contributed by atoms with Crippen LogP contribution >= 0.6 is 24.0 Å². The molecule has 5 heteroatoms. The maximum absolute atomic E-state index is 4.42. The Morgan fingerprint density at radius 3 is 2.32 bits per heavy atom. The lowest BCUT2D eigenvalue weighted by atomic mass is 10.00. The van der Waals surface area contributed by atoms with E-state index in [4.69, 9.17) is 0 Å². The fourth-order valence-electron chi connectivity index (χ4n) is 3.57. The Hall–Kier alpha value is -1.76. The van der Waals surface area contributed by atoms with Crippen LogP contribution in [0.2, 0.25) is 0 Å². The highest BCUT2D eigenvalue weighted by Crippen LogP contribution is 2.19. The Morgan fingerprint density at radius 1 is 1.07 bits per heavy atom. The first-order chi connectivity index (χ1) is 13.2. The lowest BCUT2D eigenvalue weighted by Crippen LogP contribution is -2.49. The predicted octanol–water partition coefficient (Wildman–Crippen LogP) is 4.55. The number of halogens is 1. The molecule has 0 aromatic heterocycles. The van der Waals surface area contributed by atoms with Crippen LogP contribution < -0.4 is 15.5 Å². The standard InChI is InChI=1S/C23H32N4.HI/c1-18-9-11-20(12-10-18)19(2)17-25-23(24-3)26-21-13-15-27(16-14-21)22-7-5-4-6-8-22;/h4-12,19,21H,13-17H2,1-3H3,(H2,24,25,26);1H. The molecule has 0 amide bonds. The van der Waals surface area contributed by atoms with Crippen molar-refractivity contribution in [1.29, 1.82) is 0 Å². The molecule has 1 atom stereocenters. The molecule has 1 saturated heterocycles. The van der Waals surface area contributed by atoms with Crippen LogP contribution in [-0.4, -0.2) is 38.7 Å². The van der Waals surface area contributed by atoms with E-state index in [9.17, 15) is 0 Å². The molecular weight excluding hydrogens is 459 g/mol. The largest absolute Gasteiger partial charge is 0.371 e. The zero-order valence-corrected chi connectivity index (χ0v) is 19.5. The number of anilines is 1. The SMILES string of the molecule is CN=C(NCC(C)c1ccc(C)cc1)NC1CCN(c2ccccc2)CC1.I. The van der Waals surface area contributed by atoms with Crippen molar-refractivity contribution in [2.24, 2.45) is 4.99 Å². The molecule has 0 bridgehead atoms. The van der Waals surface area contributed by atoms with Gasteiger partial charge >= 0.3 is 0 Å². The van der Waals surface area contributed by atoms with E-state index in [1.54, 1.807) is 0 Å². The number of para-hydroxylation sites is 1. The monoisotopic (exact) mass is 492 g/mol. The van der Waals surface area contributed by atoms with Crippen molar-refractivity contribution < 1.29 is 0 Å². The van der Waals surface area contributed by atoms with Gasteiger partial charge in [0.05, 0.1) is 0 Å². The molecule has 0 spiro atoms. The first-order valence-corrected chi connectivity index (χ1v) is 9.99. The maximum Gasteiger partial charge on any atom is 0.191 e. The molecule has 2 aromatic rings. The summed E-state index contributed by atoms with van der Waals surface area (Å²) in [5.74, 6) is 1.36. The van der Waals surface area contributed by atoms with Gasteiger partial charge in [-0.05, 0) is 43.4 Å². The highest BCUT2D eigenvalue weighted by atomic mass is 127. The number of hydrogen-bond acceptors (Lipinski definition) is 2. The molecule has 1 unspecified atom stereocenters. The number of aryl methyl sites for hydroxylation is 1. The van der Waals surface area contributed by atoms with E-state index in [2.05, 4.69) is 89.0 Å². The summed E-state index contributed by atoms with van der Waals surface area (Å²) >= 11 is 0. The molecule has 0 saturated carbocycles. The van der Waals surface area contributed by atoms with Crippen molar-refractivity contribution in [2.45, 2.75) is 38.6 Å². The zero-order valence-electron chi connectivity index (χ0n) is 17.2. The molecular formula is C23H33IN4. The second-order valence-electron chi connectivity index (χ2n) is 7.51. The number of aliphatic imine (C=N–C) groups is 1. The fraction of sp³-hybridized carbons (Fsp3) is 0.435. The van der Waals surface area contributed by atoms with Gasteiger partial charge in [0.2, 0.25) is 0 Å². The van der Waals surface area contributed by atoms with E-state index in [1.807, 2.05) is 7.05 Å². The van der Waals surface area contributed by atoms with Crippen molar-refractivity contribution in [3.63, 3.8) is 0 Å².